The molecule has 0 bridgehead atoms. The topological polar surface area (TPSA) is 115 Å². The number of fused-ring (bicyclic) bond motifs is 8. The van der Waals surface area contributed by atoms with Crippen molar-refractivity contribution >= 4 is 112 Å². The molecule has 14 heteroatoms. The van der Waals surface area contributed by atoms with Crippen LogP contribution in [0.25, 0.3) is 149 Å². The second kappa shape index (κ2) is 37.8. The van der Waals surface area contributed by atoms with Crippen molar-refractivity contribution in [3.63, 3.8) is 0 Å². The summed E-state index contributed by atoms with van der Waals surface area (Å²) in [5, 5.41) is 33.6. The van der Waals surface area contributed by atoms with Crippen LogP contribution in [0.1, 0.15) is 25.8 Å². The van der Waals surface area contributed by atoms with Crippen molar-refractivity contribution in [3.05, 3.63) is 414 Å². The molecule has 0 aliphatic heterocycles. The van der Waals surface area contributed by atoms with E-state index in [2.05, 4.69) is 354 Å². The van der Waals surface area contributed by atoms with Crippen LogP contribution < -0.4 is 9.47 Å². The molecule has 0 saturated carbocycles. The molecule has 9 nitrogen and oxygen atoms in total. The van der Waals surface area contributed by atoms with Gasteiger partial charge in [-0.3, -0.25) is 9.97 Å². The van der Waals surface area contributed by atoms with E-state index in [-0.39, 0.29) is 38.4 Å². The van der Waals surface area contributed by atoms with Gasteiger partial charge in [-0.05, 0) is 195 Å². The molecule has 19 rings (SSSR count). The van der Waals surface area contributed by atoms with Crippen molar-refractivity contribution in [1.82, 2.24) is 19.5 Å². The van der Waals surface area contributed by atoms with Gasteiger partial charge in [0.2, 0.25) is 0 Å². The van der Waals surface area contributed by atoms with Crippen LogP contribution in [-0.2, 0) is 20.1 Å². The average molecular weight is 1720 g/mol. The number of pyridine rings is 2. The predicted octanol–water partition coefficient (Wildman–Crippen LogP) is 25.4. The van der Waals surface area contributed by atoms with Gasteiger partial charge in [-0.25, -0.2) is 0 Å². The molecule has 2 atom stereocenters. The Morgan fingerprint density at radius 3 is 1.25 bits per heavy atom. The number of nitrogens with zero attached hydrogens (tertiary/aromatic N) is 6. The summed E-state index contributed by atoms with van der Waals surface area (Å²) in [6, 6.07) is 133. The number of benzene rings is 15. The Bertz CT molecular complexity index is 6440. The van der Waals surface area contributed by atoms with Crippen LogP contribution in [0.2, 0.25) is 0 Å². The van der Waals surface area contributed by atoms with Crippen molar-refractivity contribution < 1.29 is 34.9 Å². The van der Waals surface area contributed by atoms with Crippen LogP contribution in [0, 0.1) is 19.1 Å². The van der Waals surface area contributed by atoms with Gasteiger partial charge < -0.3 is 29.4 Å². The molecule has 2 unspecified atom stereocenters. The van der Waals surface area contributed by atoms with E-state index < -0.39 is 6.81 Å². The molecular formula is C104H84B3IrN7O2P-. The zero-order valence-corrected chi connectivity index (χ0v) is 68.9. The van der Waals surface area contributed by atoms with E-state index in [0.29, 0.717) is 6.42 Å². The second-order valence-corrected chi connectivity index (χ2v) is 31.2. The van der Waals surface area contributed by atoms with Gasteiger partial charge in [0.25, 0.3) is 0 Å². The summed E-state index contributed by atoms with van der Waals surface area (Å²) in [6.45, 7) is 5.03. The summed E-state index contributed by atoms with van der Waals surface area (Å²) in [5.41, 5.74) is 25.9. The first-order valence-corrected chi connectivity index (χ1v) is 41.1. The third-order valence-corrected chi connectivity index (χ3v) is 21.3. The van der Waals surface area contributed by atoms with Crippen molar-refractivity contribution in [1.29, 1.82) is 5.16 Å². The van der Waals surface area contributed by atoms with Gasteiger partial charge in [-0.1, -0.05) is 279 Å². The molecule has 19 aromatic rings. The van der Waals surface area contributed by atoms with Gasteiger partial charge in [-0.15, -0.1) is 29.5 Å². The van der Waals surface area contributed by atoms with Crippen LogP contribution in [0.5, 0.6) is 0 Å². The third kappa shape index (κ3) is 18.8. The number of aromatic nitrogens is 5. The molecule has 7 radical (unpaired) electrons. The first-order chi connectivity index (χ1) is 57.1. The summed E-state index contributed by atoms with van der Waals surface area (Å²) < 4.78 is 4.14. The molecule has 0 aliphatic rings. The largest absolute Gasteiger partial charge is 0.393 e. The Morgan fingerprint density at radius 1 is 0.390 bits per heavy atom. The Balaban J connectivity index is 0.000000156. The zero-order chi connectivity index (χ0) is 80.8. The summed E-state index contributed by atoms with van der Waals surface area (Å²) in [6.07, 6.45) is 5.21. The molecule has 0 spiro atoms. The number of para-hydroxylation sites is 2. The molecule has 3 N–H and O–H groups in total. The number of hydrogen-bond acceptors (Lipinski definition) is 7. The fourth-order valence-electron chi connectivity index (χ4n) is 15.1. The van der Waals surface area contributed by atoms with Gasteiger partial charge in [0.05, 0.1) is 42.1 Å². The third-order valence-electron chi connectivity index (χ3n) is 20.7. The fourth-order valence-corrected chi connectivity index (χ4v) is 15.1. The van der Waals surface area contributed by atoms with E-state index in [1.54, 1.807) is 24.7 Å². The van der Waals surface area contributed by atoms with Gasteiger partial charge in [0.1, 0.15) is 15.1 Å². The van der Waals surface area contributed by atoms with Gasteiger partial charge in [0, 0.05) is 82.4 Å². The van der Waals surface area contributed by atoms with E-state index >= 15 is 0 Å². The maximum atomic E-state index is 8.56. The van der Waals surface area contributed by atoms with E-state index in [1.165, 1.54) is 105 Å². The monoisotopic (exact) mass is 1720 g/mol. The van der Waals surface area contributed by atoms with Gasteiger partial charge in [0.15, 0.2) is 12.0 Å². The van der Waals surface area contributed by atoms with Crippen molar-refractivity contribution in [2.24, 2.45) is 0 Å². The van der Waals surface area contributed by atoms with E-state index in [4.69, 9.17) is 38.4 Å². The quantitative estimate of drug-likeness (QED) is 0.0328. The first kappa shape index (κ1) is 81.6. The summed E-state index contributed by atoms with van der Waals surface area (Å²) in [5.74, 6) is 0. The summed E-state index contributed by atoms with van der Waals surface area (Å²) in [7, 11) is 18.8. The molecule has 0 saturated heterocycles. The Morgan fingerprint density at radius 2 is 0.771 bits per heavy atom. The van der Waals surface area contributed by atoms with Crippen LogP contribution in [-0.4, -0.2) is 71.0 Å². The molecule has 0 fully saturated rings. The normalized spacial score (nSPS) is 11.5. The number of nitrogens with one attached hydrogen (secondary N) is 1. The fraction of sp³-hybridized carbons (Fsp3) is 0.0577. The smallest absolute Gasteiger partial charge is 0.184 e. The molecule has 15 aromatic carbocycles. The minimum absolute atomic E-state index is 0. The van der Waals surface area contributed by atoms with Crippen molar-refractivity contribution in [2.75, 3.05) is 11.0 Å². The number of hydrogen-bond donors (Lipinski definition) is 3. The number of aliphatic hydroxyl groups is 2. The minimum Gasteiger partial charge on any atom is -0.393 e. The Hall–Kier alpha value is -12.9. The molecule has 0 aliphatic carbocycles. The summed E-state index contributed by atoms with van der Waals surface area (Å²) >= 11 is 0. The molecular weight excluding hydrogens is 1630 g/mol. The molecule has 571 valence electrons. The van der Waals surface area contributed by atoms with Gasteiger partial charge in [-0.2, -0.15) is 18.6 Å². The number of rotatable bonds is 14. The van der Waals surface area contributed by atoms with Crippen molar-refractivity contribution in [2.45, 2.75) is 32.5 Å². The number of aliphatic hydroxyl groups excluding tert-OH is 2. The van der Waals surface area contributed by atoms with Gasteiger partial charge >= 0.3 is 0 Å². The molecule has 4 heterocycles. The average Bonchev–Trinajstić information content (AvgIpc) is 1.46. The summed E-state index contributed by atoms with van der Waals surface area (Å²) in [4.78, 5) is 16.1. The maximum Gasteiger partial charge on any atom is 0.184 e. The first-order valence-electron chi connectivity index (χ1n) is 39.0. The molecule has 118 heavy (non-hydrogen) atoms. The predicted molar refractivity (Wildman–Crippen MR) is 495 cm³/mol. The van der Waals surface area contributed by atoms with Crippen LogP contribution in [0.15, 0.2) is 395 Å². The van der Waals surface area contributed by atoms with E-state index in [0.717, 1.165) is 66.9 Å². The van der Waals surface area contributed by atoms with E-state index in [9.17, 15) is 0 Å². The Kier molecular flexibility index (Phi) is 26.1. The standard InChI is InChI=1S/C56H38N2.C24H16N2.C18H15N2.C5H12O2.CH3B3NP.Ir/c1-2-16-45(17-3-1)58-55-23-9-8-20-53(55)54-38-44(30-37-56(54)58)39-24-31-46(32-25-39)57(47-33-26-42(27-34-47)51-21-10-14-40-12-4-6-18-49(40)51)48-35-28-43(29-36-48)52-22-11-15-41-13-5-7-19-50(41)52;1-3-7-17(8-4-1)19-13-15-25-23-21(19)11-12-22-20(14-16-26-24(22)23)18-9-5-2-6-10-18;1-14-8-6-7-11-16(14)18-12-17(19-13-20(18)2)15-9-4-3-5-10-15;1-4(6)3-5(2)7;2-1-6(3,4)5;/h1-38H;1-16H;3-13H,1-2H2;4-7H,3H2,1-2H3;5H,1H2;/q;;-1;;;. The van der Waals surface area contributed by atoms with Crippen LogP contribution in [0.3, 0.4) is 0 Å². The van der Waals surface area contributed by atoms with E-state index in [1.807, 2.05) is 73.1 Å². The minimum atomic E-state index is -2.37. The second-order valence-electron chi connectivity index (χ2n) is 29.0. The SMILES string of the molecule is CC(O)CC(C)O.[B]CP([B])([B])=N.[CH2-]c1ccccc1-c1cc(-c2ccccc2)nc[n+]1[CH2-].[Ir].c1ccc(-c2ccnc3c2ccc2c(-c4ccccc4)ccnc23)cc1.c1ccc(-n2c3ccccc3c3cc(-c4ccc(N(c5ccc(-c6cccc7ccccc67)cc5)c5ccc(-c6cccc7ccccc67)cc5)cc4)ccc32)cc1. The molecule has 4 aromatic heterocycles. The van der Waals surface area contributed by atoms with Crippen molar-refractivity contribution in [3.8, 4) is 83.8 Å². The Labute approximate surface area is 708 Å². The number of anilines is 3. The zero-order valence-electron chi connectivity index (χ0n) is 65.6. The molecule has 0 amide bonds. The van der Waals surface area contributed by atoms with Crippen LogP contribution in [0.4, 0.5) is 17.1 Å². The maximum absolute atomic E-state index is 8.56. The van der Waals surface area contributed by atoms with Crippen LogP contribution >= 0.6 is 6.81 Å².